The van der Waals surface area contributed by atoms with E-state index in [9.17, 15) is 24.0 Å². The quantitative estimate of drug-likeness (QED) is 0.284. The number of nitrogens with two attached hydrogens (primary N) is 1. The van der Waals surface area contributed by atoms with E-state index in [2.05, 4.69) is 5.32 Å². The van der Waals surface area contributed by atoms with Gasteiger partial charge in [0.15, 0.2) is 0 Å². The van der Waals surface area contributed by atoms with Crippen LogP contribution in [0.25, 0.3) is 17.6 Å². The van der Waals surface area contributed by atoms with Crippen LogP contribution in [0, 0.1) is 17.8 Å². The van der Waals surface area contributed by atoms with Gasteiger partial charge in [-0.2, -0.15) is 0 Å². The Hall–Kier alpha value is 2.29. The molecular weight excluding hydrogens is 805 g/mol. The number of piperidine rings is 3. The molecule has 0 spiro atoms. The van der Waals surface area contributed by atoms with Crippen LogP contribution in [0.4, 0.5) is 9.59 Å². The molecule has 0 radical (unpaired) electrons. The molecule has 3 fully saturated rings. The summed E-state index contributed by atoms with van der Waals surface area (Å²) in [4.78, 5) is 58.6. The summed E-state index contributed by atoms with van der Waals surface area (Å²) in [6.07, 6.45) is 3.93. The predicted octanol–water partition coefficient (Wildman–Crippen LogP) is -3.78. The molecule has 3 aliphatic heterocycles. The molecule has 3 saturated heterocycles. The number of ether oxygens (including phenoxy) is 2. The van der Waals surface area contributed by atoms with Crippen molar-refractivity contribution < 1.29 is 213 Å². The van der Waals surface area contributed by atoms with Crippen molar-refractivity contribution >= 4 is 30.0 Å². The van der Waals surface area contributed by atoms with Gasteiger partial charge in [-0.25, -0.2) is 9.59 Å². The molecule has 3 aliphatic rings. The summed E-state index contributed by atoms with van der Waals surface area (Å²) in [6, 6.07) is 0. The number of rotatable bonds is 3. The Labute approximate surface area is 415 Å². The summed E-state index contributed by atoms with van der Waals surface area (Å²) < 4.78 is 10.4. The molecule has 0 aliphatic carbocycles. The molecule has 0 saturated carbocycles. The van der Waals surface area contributed by atoms with E-state index in [1.165, 1.54) is 9.80 Å². The predicted molar refractivity (Wildman–Crippen MR) is 158 cm³/mol. The van der Waals surface area contributed by atoms with Gasteiger partial charge in [-0.05, 0) is 86.6 Å². The minimum absolute atomic E-state index is 0. The molecule has 3 unspecified atom stereocenters. The summed E-state index contributed by atoms with van der Waals surface area (Å²) >= 11 is 0. The zero-order chi connectivity index (χ0) is 31.4. The fourth-order valence-electron chi connectivity index (χ4n) is 4.43. The Bertz CT molecular complexity index is 854. The molecule has 3 atom stereocenters. The van der Waals surface area contributed by atoms with Crippen molar-refractivity contribution in [1.29, 1.82) is 0 Å². The van der Waals surface area contributed by atoms with Gasteiger partial charge >= 0.3 is 193 Å². The minimum Gasteiger partial charge on any atom is -0.693 e. The van der Waals surface area contributed by atoms with Crippen molar-refractivity contribution in [3.05, 3.63) is 17.6 Å². The minimum atomic E-state index is -0.840. The number of hydrogen-bond donors (Lipinski definition) is 2. The molecule has 6 N–H and O–H groups in total. The summed E-state index contributed by atoms with van der Waals surface area (Å²) in [5, 5.41) is 12.0. The standard InChI is InChI=1S/C11H20N2O3.C11H19NO4.C6H12N2O.H2N.3Rb/c1-11(2,3)16-10(15)13-6-4-5-8(7-13)9(12)14;1-11(2,3)16-10(15)12-6-4-5-8(7-12)9(13)14;7-6(9)5-2-1-3-8-4-5;;;;/h8H,4-7H2,1-3H3,(H2,12,14);8H,4-7H2,1-3H3,(H,13,14);5,8H,1-4H2,(H2,7,9);1H2;;;/q;;;-1;3*+1/p-2. The second-order valence-corrected chi connectivity index (χ2v) is 12.6. The molecule has 0 aromatic heterocycles. The van der Waals surface area contributed by atoms with Gasteiger partial charge in [-0.3, -0.25) is 4.79 Å². The first-order valence-electron chi connectivity index (χ1n) is 14.3. The second kappa shape index (κ2) is 27.0. The van der Waals surface area contributed by atoms with Crippen molar-refractivity contribution in [3.8, 4) is 0 Å². The van der Waals surface area contributed by atoms with Crippen molar-refractivity contribution in [2.75, 3.05) is 39.3 Å². The first-order chi connectivity index (χ1) is 18.9. The van der Waals surface area contributed by atoms with E-state index in [0.717, 1.165) is 32.2 Å². The number of nitrogens with zero attached hydrogens (tertiary/aromatic N) is 2. The van der Waals surface area contributed by atoms with Gasteiger partial charge < -0.3 is 56.9 Å². The molecule has 45 heavy (non-hydrogen) atoms. The SMILES string of the molecule is CC(C)(C)OC(=O)N1CCCC(C(=O)O)C1.CC(C)(C)OC(=O)N1CCCC(C([NH-])=O)C1.[NH-]C(=O)C1CCCNC1.[NH2-].[Rb+].[Rb+].[Rb+]. The van der Waals surface area contributed by atoms with E-state index in [-0.39, 0.29) is 199 Å². The third kappa shape index (κ3) is 25.0. The maximum atomic E-state index is 11.7. The maximum absolute atomic E-state index is 11.7. The molecule has 17 heteroatoms. The second-order valence-electron chi connectivity index (χ2n) is 12.6. The van der Waals surface area contributed by atoms with Crippen molar-refractivity contribution in [1.82, 2.24) is 15.1 Å². The molecule has 0 bridgehead atoms. The Balaban J connectivity index is -0.000000277. The molecule has 14 nitrogen and oxygen atoms in total. The molecule has 3 heterocycles. The number of nitrogens with one attached hydrogen (secondary N) is 3. The van der Waals surface area contributed by atoms with Crippen LogP contribution >= 0.6 is 0 Å². The van der Waals surface area contributed by atoms with Crippen molar-refractivity contribution in [2.24, 2.45) is 17.8 Å². The molecule has 3 rings (SSSR count). The van der Waals surface area contributed by atoms with E-state index >= 15 is 0 Å². The largest absolute Gasteiger partial charge is 1.00 e. The first kappa shape index (κ1) is 54.1. The Kier molecular flexibility index (Phi) is 32.4. The Morgan fingerprint density at radius 3 is 1.38 bits per heavy atom. The topological polar surface area (TPSA) is 224 Å². The van der Waals surface area contributed by atoms with Gasteiger partial charge in [-0.15, -0.1) is 0 Å². The smallest absolute Gasteiger partial charge is 0.693 e. The molecule has 4 amide bonds. The maximum Gasteiger partial charge on any atom is 1.00 e. The van der Waals surface area contributed by atoms with Crippen LogP contribution in [0.2, 0.25) is 0 Å². The monoisotopic (exact) mass is 854 g/mol. The Morgan fingerprint density at radius 2 is 1.07 bits per heavy atom. The third-order valence-electron chi connectivity index (χ3n) is 6.53. The average Bonchev–Trinajstić information content (AvgIpc) is 2.88. The average molecular weight is 856 g/mol. The van der Waals surface area contributed by atoms with Crippen LogP contribution in [-0.4, -0.2) is 95.3 Å². The Morgan fingerprint density at radius 1 is 0.689 bits per heavy atom. The van der Waals surface area contributed by atoms with E-state index in [4.69, 9.17) is 26.0 Å². The molecule has 0 aromatic carbocycles. The van der Waals surface area contributed by atoms with Crippen LogP contribution in [0.15, 0.2) is 0 Å². The van der Waals surface area contributed by atoms with Crippen molar-refractivity contribution in [2.45, 2.75) is 91.3 Å². The fraction of sp³-hybridized carbons (Fsp3) is 0.821. The number of carboxylic acids is 1. The normalized spacial score (nSPS) is 21.0. The number of carboxylic acid groups (broad SMARTS) is 1. The van der Waals surface area contributed by atoms with Crippen LogP contribution < -0.4 is 180 Å². The zero-order valence-corrected chi connectivity index (χ0v) is 43.7. The number of likely N-dealkylation sites (tertiary alicyclic amines) is 2. The molecular formula is C28H51N6O8Rb3. The van der Waals surface area contributed by atoms with Gasteiger partial charge in [0.2, 0.25) is 0 Å². The van der Waals surface area contributed by atoms with Gasteiger partial charge in [0.1, 0.15) is 11.2 Å². The fourth-order valence-corrected chi connectivity index (χ4v) is 4.43. The summed E-state index contributed by atoms with van der Waals surface area (Å²) in [5.41, 5.74) is 12.8. The van der Waals surface area contributed by atoms with Gasteiger partial charge in [-0.1, -0.05) is 0 Å². The van der Waals surface area contributed by atoms with Crippen LogP contribution in [0.3, 0.4) is 0 Å². The molecule has 244 valence electrons. The van der Waals surface area contributed by atoms with E-state index in [1.807, 2.05) is 20.8 Å². The van der Waals surface area contributed by atoms with Crippen LogP contribution in [-0.2, 0) is 23.9 Å². The van der Waals surface area contributed by atoms with Crippen LogP contribution in [0.5, 0.6) is 0 Å². The molecule has 0 aromatic rings. The summed E-state index contributed by atoms with van der Waals surface area (Å²) in [6.45, 7) is 14.3. The summed E-state index contributed by atoms with van der Waals surface area (Å²) in [7, 11) is 0. The van der Waals surface area contributed by atoms with E-state index in [0.29, 0.717) is 39.0 Å². The summed E-state index contributed by atoms with van der Waals surface area (Å²) in [5.74, 6) is -2.68. The van der Waals surface area contributed by atoms with Crippen molar-refractivity contribution in [3.63, 3.8) is 0 Å². The van der Waals surface area contributed by atoms with E-state index < -0.39 is 47.1 Å². The van der Waals surface area contributed by atoms with Gasteiger partial charge in [0, 0.05) is 44.6 Å². The van der Waals surface area contributed by atoms with Gasteiger partial charge in [0.25, 0.3) is 0 Å². The number of carbonyl (C=O) groups is 5. The van der Waals surface area contributed by atoms with E-state index in [1.54, 1.807) is 20.8 Å². The number of hydrogen-bond acceptors (Lipinski definition) is 8. The first-order valence-corrected chi connectivity index (χ1v) is 14.3. The number of aliphatic carboxylic acids is 1. The third-order valence-corrected chi connectivity index (χ3v) is 6.53. The number of carbonyl (C=O) groups excluding carboxylic acids is 4. The number of amides is 4. The zero-order valence-electron chi connectivity index (χ0n) is 29.0. The van der Waals surface area contributed by atoms with Gasteiger partial charge in [0.05, 0.1) is 17.7 Å². The van der Waals surface area contributed by atoms with Crippen LogP contribution in [0.1, 0.15) is 80.1 Å².